The van der Waals surface area contributed by atoms with E-state index in [-0.39, 0.29) is 5.91 Å². The highest BCUT2D eigenvalue weighted by molar-refractivity contribution is 5.92. The molecule has 0 bridgehead atoms. The van der Waals surface area contributed by atoms with Crippen LogP contribution in [0.3, 0.4) is 0 Å². The number of hydrazine groups is 1. The number of para-hydroxylation sites is 2. The van der Waals surface area contributed by atoms with Gasteiger partial charge in [-0.05, 0) is 12.1 Å². The van der Waals surface area contributed by atoms with Gasteiger partial charge in [-0.2, -0.15) is 0 Å². The van der Waals surface area contributed by atoms with Crippen LogP contribution >= 0.6 is 0 Å². The van der Waals surface area contributed by atoms with Gasteiger partial charge in [-0.25, -0.2) is 15.4 Å². The van der Waals surface area contributed by atoms with E-state index >= 15 is 0 Å². The number of rotatable bonds is 1. The summed E-state index contributed by atoms with van der Waals surface area (Å²) >= 11 is 0. The molecule has 0 unspecified atom stereocenters. The summed E-state index contributed by atoms with van der Waals surface area (Å²) in [5.41, 5.74) is 3.90. The van der Waals surface area contributed by atoms with Crippen molar-refractivity contribution >= 4 is 22.9 Å². The number of nitrogens with zero attached hydrogens (tertiary/aromatic N) is 2. The molecule has 2 aromatic rings. The Morgan fingerprint density at radius 2 is 2.21 bits per heavy atom. The molecule has 0 saturated heterocycles. The van der Waals surface area contributed by atoms with Gasteiger partial charge in [0.15, 0.2) is 0 Å². The molecule has 0 aliphatic heterocycles. The number of anilines is 1. The molecule has 2 rings (SSSR count). The number of hydrogen-bond donors (Lipinski definition) is 2. The van der Waals surface area contributed by atoms with Crippen molar-refractivity contribution in [3.63, 3.8) is 0 Å². The number of imidazole rings is 1. The van der Waals surface area contributed by atoms with Crippen molar-refractivity contribution in [2.75, 3.05) is 5.43 Å². The predicted molar refractivity (Wildman–Crippen MR) is 53.8 cm³/mol. The molecule has 0 aliphatic carbocycles. The van der Waals surface area contributed by atoms with Crippen molar-refractivity contribution in [1.29, 1.82) is 0 Å². The van der Waals surface area contributed by atoms with Crippen LogP contribution < -0.4 is 11.3 Å². The molecule has 0 aliphatic rings. The van der Waals surface area contributed by atoms with Crippen LogP contribution in [0, 0.1) is 0 Å². The van der Waals surface area contributed by atoms with E-state index in [2.05, 4.69) is 10.4 Å². The van der Waals surface area contributed by atoms with Gasteiger partial charge in [-0.3, -0.25) is 10.2 Å². The lowest BCUT2D eigenvalue weighted by Gasteiger charge is -2.01. The standard InChI is InChI=1S/C9H10N4O/c1-6(14)13-8-5-3-2-4-7(8)11-9(13)12-10/h2-5H,10H2,1H3,(H,11,12). The van der Waals surface area contributed by atoms with Gasteiger partial charge < -0.3 is 0 Å². The van der Waals surface area contributed by atoms with Crippen molar-refractivity contribution in [2.45, 2.75) is 6.92 Å². The minimum Gasteiger partial charge on any atom is -0.293 e. The zero-order chi connectivity index (χ0) is 10.1. The highest BCUT2D eigenvalue weighted by Crippen LogP contribution is 2.18. The second-order valence-corrected chi connectivity index (χ2v) is 2.92. The van der Waals surface area contributed by atoms with Crippen LogP contribution in [0.4, 0.5) is 5.95 Å². The maximum atomic E-state index is 11.3. The Morgan fingerprint density at radius 3 is 2.86 bits per heavy atom. The fraction of sp³-hybridized carbons (Fsp3) is 0.111. The topological polar surface area (TPSA) is 72.9 Å². The van der Waals surface area contributed by atoms with E-state index in [1.54, 1.807) is 0 Å². The van der Waals surface area contributed by atoms with Crippen LogP contribution in [0.5, 0.6) is 0 Å². The van der Waals surface area contributed by atoms with E-state index in [0.717, 1.165) is 11.0 Å². The van der Waals surface area contributed by atoms with Crippen LogP contribution in [0.1, 0.15) is 11.7 Å². The van der Waals surface area contributed by atoms with E-state index in [1.165, 1.54) is 11.5 Å². The predicted octanol–water partition coefficient (Wildman–Crippen LogP) is 0.982. The fourth-order valence-electron chi connectivity index (χ4n) is 1.44. The van der Waals surface area contributed by atoms with Gasteiger partial charge in [0.2, 0.25) is 11.9 Å². The third-order valence-electron chi connectivity index (χ3n) is 2.00. The zero-order valence-electron chi connectivity index (χ0n) is 7.69. The smallest absolute Gasteiger partial charge is 0.230 e. The second kappa shape index (κ2) is 3.12. The minimum absolute atomic E-state index is 0.119. The zero-order valence-corrected chi connectivity index (χ0v) is 7.69. The molecule has 0 radical (unpaired) electrons. The molecule has 0 spiro atoms. The van der Waals surface area contributed by atoms with Crippen molar-refractivity contribution in [3.05, 3.63) is 24.3 Å². The summed E-state index contributed by atoms with van der Waals surface area (Å²) in [4.78, 5) is 15.5. The average molecular weight is 190 g/mol. The van der Waals surface area contributed by atoms with Crippen LogP contribution in [0.15, 0.2) is 24.3 Å². The third kappa shape index (κ3) is 1.14. The summed E-state index contributed by atoms with van der Waals surface area (Å²) in [6.07, 6.45) is 0. The lowest BCUT2D eigenvalue weighted by molar-refractivity contribution is 0.0943. The lowest BCUT2D eigenvalue weighted by Crippen LogP contribution is -2.16. The SMILES string of the molecule is CC(=O)n1c(NN)nc2ccccc21. The van der Waals surface area contributed by atoms with Gasteiger partial charge in [-0.15, -0.1) is 0 Å². The maximum Gasteiger partial charge on any atom is 0.230 e. The Hall–Kier alpha value is -1.88. The molecule has 1 aromatic heterocycles. The molecular weight excluding hydrogens is 180 g/mol. The highest BCUT2D eigenvalue weighted by Gasteiger charge is 2.11. The van der Waals surface area contributed by atoms with E-state index in [4.69, 9.17) is 5.84 Å². The van der Waals surface area contributed by atoms with Crippen molar-refractivity contribution in [3.8, 4) is 0 Å². The second-order valence-electron chi connectivity index (χ2n) is 2.92. The number of benzene rings is 1. The molecule has 72 valence electrons. The Balaban J connectivity index is 2.81. The molecule has 5 nitrogen and oxygen atoms in total. The normalized spacial score (nSPS) is 10.4. The third-order valence-corrected chi connectivity index (χ3v) is 2.00. The van der Waals surface area contributed by atoms with Crippen molar-refractivity contribution < 1.29 is 4.79 Å². The van der Waals surface area contributed by atoms with Crippen LogP contribution in [-0.4, -0.2) is 15.5 Å². The number of nitrogen functional groups attached to an aromatic ring is 1. The molecule has 1 heterocycles. The lowest BCUT2D eigenvalue weighted by atomic mass is 10.3. The Labute approximate surface area is 80.5 Å². The van der Waals surface area contributed by atoms with Gasteiger partial charge in [0.25, 0.3) is 0 Å². The molecule has 0 fully saturated rings. The van der Waals surface area contributed by atoms with E-state index in [9.17, 15) is 4.79 Å². The molecular formula is C9H10N4O. The summed E-state index contributed by atoms with van der Waals surface area (Å²) in [7, 11) is 0. The fourth-order valence-corrected chi connectivity index (χ4v) is 1.44. The van der Waals surface area contributed by atoms with E-state index in [1.807, 2.05) is 24.3 Å². The largest absolute Gasteiger partial charge is 0.293 e. The van der Waals surface area contributed by atoms with E-state index < -0.39 is 0 Å². The van der Waals surface area contributed by atoms with E-state index in [0.29, 0.717) is 5.95 Å². The maximum absolute atomic E-state index is 11.3. The number of aromatic nitrogens is 2. The highest BCUT2D eigenvalue weighted by atomic mass is 16.2. The monoisotopic (exact) mass is 190 g/mol. The average Bonchev–Trinajstić information content (AvgIpc) is 2.55. The van der Waals surface area contributed by atoms with Crippen molar-refractivity contribution in [2.24, 2.45) is 5.84 Å². The Kier molecular flexibility index (Phi) is 1.94. The molecule has 3 N–H and O–H groups in total. The first kappa shape index (κ1) is 8.71. The number of hydrogen-bond acceptors (Lipinski definition) is 4. The minimum atomic E-state index is -0.119. The van der Waals surface area contributed by atoms with Gasteiger partial charge in [0.1, 0.15) is 0 Å². The van der Waals surface area contributed by atoms with Crippen molar-refractivity contribution in [1.82, 2.24) is 9.55 Å². The number of carbonyl (C=O) groups excluding carboxylic acids is 1. The Morgan fingerprint density at radius 1 is 1.50 bits per heavy atom. The summed E-state index contributed by atoms with van der Waals surface area (Å²) < 4.78 is 1.44. The molecule has 5 heteroatoms. The summed E-state index contributed by atoms with van der Waals surface area (Å²) in [5, 5.41) is 0. The number of fused-ring (bicyclic) bond motifs is 1. The summed E-state index contributed by atoms with van der Waals surface area (Å²) in [6, 6.07) is 7.37. The summed E-state index contributed by atoms with van der Waals surface area (Å²) in [5.74, 6) is 5.51. The van der Waals surface area contributed by atoms with Crippen LogP contribution in [0.25, 0.3) is 11.0 Å². The molecule has 0 amide bonds. The van der Waals surface area contributed by atoms with Gasteiger partial charge in [0.05, 0.1) is 11.0 Å². The quantitative estimate of drug-likeness (QED) is 0.519. The first-order valence-corrected chi connectivity index (χ1v) is 4.19. The Bertz CT molecular complexity index is 489. The van der Waals surface area contributed by atoms with Crippen LogP contribution in [-0.2, 0) is 0 Å². The first-order chi connectivity index (χ1) is 6.74. The molecule has 0 saturated carbocycles. The van der Waals surface area contributed by atoms with Gasteiger partial charge in [0, 0.05) is 6.92 Å². The molecule has 0 atom stereocenters. The number of carbonyl (C=O) groups is 1. The van der Waals surface area contributed by atoms with Crippen LogP contribution in [0.2, 0.25) is 0 Å². The summed E-state index contributed by atoms with van der Waals surface area (Å²) in [6.45, 7) is 1.47. The molecule has 1 aromatic carbocycles. The first-order valence-electron chi connectivity index (χ1n) is 4.19. The van der Waals surface area contributed by atoms with Gasteiger partial charge in [-0.1, -0.05) is 12.1 Å². The molecule has 14 heavy (non-hydrogen) atoms. The number of nitrogens with two attached hydrogens (primary N) is 1. The van der Waals surface area contributed by atoms with Gasteiger partial charge >= 0.3 is 0 Å². The number of nitrogens with one attached hydrogen (secondary N) is 1.